The zero-order valence-electron chi connectivity index (χ0n) is 36.3. The van der Waals surface area contributed by atoms with Crippen molar-refractivity contribution < 1.29 is 23.5 Å². The summed E-state index contributed by atoms with van der Waals surface area (Å²) >= 11 is 0. The molecule has 1 aliphatic heterocycles. The van der Waals surface area contributed by atoms with Gasteiger partial charge < -0.3 is 24.2 Å². The van der Waals surface area contributed by atoms with Gasteiger partial charge >= 0.3 is 0 Å². The van der Waals surface area contributed by atoms with Crippen LogP contribution in [-0.2, 0) is 18.4 Å². The molecule has 1 saturated heterocycles. The van der Waals surface area contributed by atoms with E-state index in [2.05, 4.69) is 120 Å². The summed E-state index contributed by atoms with van der Waals surface area (Å²) < 4.78 is 14.0. The third-order valence-corrected chi connectivity index (χ3v) is 21.5. The molecule has 1 fully saturated rings. The number of hydrogen-bond donors (Lipinski definition) is 2. The number of carbonyl (C=O) groups excluding carboxylic acids is 2. The molecule has 316 valence electrons. The Kier molecular flexibility index (Phi) is 14.8. The second-order valence-electron chi connectivity index (χ2n) is 17.5. The van der Waals surface area contributed by atoms with Gasteiger partial charge in [0.2, 0.25) is 0 Å². The van der Waals surface area contributed by atoms with Gasteiger partial charge in [-0.3, -0.25) is 9.59 Å². The fraction of sp³-hybridized carbons (Fsp3) is 0.269. The quantitative estimate of drug-likeness (QED) is 0.114. The monoisotopic (exact) mass is 848 g/mol. The molecule has 0 saturated carbocycles. The molecule has 0 radical (unpaired) electrons. The molecule has 61 heavy (non-hydrogen) atoms. The molecular formula is C52H60N2O5Si2. The lowest BCUT2D eigenvalue weighted by atomic mass is 10.2. The normalized spacial score (nSPS) is 15.1. The number of aliphatic hydroxyl groups is 1. The predicted octanol–water partition coefficient (Wildman–Crippen LogP) is 8.32. The fourth-order valence-corrected chi connectivity index (χ4v) is 17.9. The molecule has 0 aliphatic carbocycles. The molecule has 6 aromatic rings. The Balaban J connectivity index is 0.000000204. The third kappa shape index (κ3) is 10.0. The maximum Gasteiger partial charge on any atom is 0.262 e. The summed E-state index contributed by atoms with van der Waals surface area (Å²) in [4.78, 5) is 28.5. The Morgan fingerprint density at radius 3 is 1.39 bits per heavy atom. The summed E-state index contributed by atoms with van der Waals surface area (Å²) in [6.45, 7) is 13.8. The van der Waals surface area contributed by atoms with Gasteiger partial charge in [-0.15, -0.1) is 0 Å². The molecule has 1 heterocycles. The predicted molar refractivity (Wildman–Crippen MR) is 255 cm³/mol. The van der Waals surface area contributed by atoms with Crippen molar-refractivity contribution in [2.45, 2.75) is 76.7 Å². The van der Waals surface area contributed by atoms with Gasteiger partial charge in [0, 0.05) is 30.9 Å². The first kappa shape index (κ1) is 45.1. The number of anilines is 2. The largest absolute Gasteiger partial charge is 0.396 e. The van der Waals surface area contributed by atoms with E-state index in [1.807, 2.05) is 114 Å². The second-order valence-corrected chi connectivity index (χ2v) is 26.0. The zero-order chi connectivity index (χ0) is 43.5. The smallest absolute Gasteiger partial charge is 0.262 e. The summed E-state index contributed by atoms with van der Waals surface area (Å²) in [6.07, 6.45) is -0.283. The van der Waals surface area contributed by atoms with E-state index in [9.17, 15) is 14.7 Å². The summed E-state index contributed by atoms with van der Waals surface area (Å²) in [7, 11) is -5.64. The molecule has 0 aromatic heterocycles. The van der Waals surface area contributed by atoms with Crippen LogP contribution < -0.4 is 31.0 Å². The van der Waals surface area contributed by atoms with Crippen LogP contribution in [0.15, 0.2) is 182 Å². The molecule has 0 spiro atoms. The number of rotatable bonds is 13. The lowest BCUT2D eigenvalue weighted by Crippen LogP contribution is -2.68. The lowest BCUT2D eigenvalue weighted by molar-refractivity contribution is -0.124. The number of amides is 2. The fourth-order valence-electron chi connectivity index (χ4n) is 8.54. The van der Waals surface area contributed by atoms with Crippen molar-refractivity contribution >= 4 is 60.6 Å². The van der Waals surface area contributed by atoms with E-state index >= 15 is 0 Å². The van der Waals surface area contributed by atoms with Crippen molar-refractivity contribution in [3.8, 4) is 0 Å². The maximum atomic E-state index is 13.4. The number of carbonyl (C=O) groups is 2. The zero-order valence-corrected chi connectivity index (χ0v) is 38.3. The van der Waals surface area contributed by atoms with Crippen molar-refractivity contribution in [1.29, 1.82) is 0 Å². The molecule has 6 aromatic carbocycles. The van der Waals surface area contributed by atoms with Crippen LogP contribution in [0.3, 0.4) is 0 Å². The van der Waals surface area contributed by atoms with Crippen LogP contribution in [0.25, 0.3) is 0 Å². The van der Waals surface area contributed by atoms with Crippen molar-refractivity contribution in [1.82, 2.24) is 0 Å². The highest BCUT2D eigenvalue weighted by Gasteiger charge is 2.54. The molecule has 9 heteroatoms. The van der Waals surface area contributed by atoms with E-state index in [0.717, 1.165) is 16.1 Å². The number of nitrogens with one attached hydrogen (secondary N) is 1. The minimum absolute atomic E-state index is 0.0641. The van der Waals surface area contributed by atoms with Crippen LogP contribution in [-0.4, -0.2) is 58.9 Å². The first-order valence-corrected chi connectivity index (χ1v) is 25.0. The minimum Gasteiger partial charge on any atom is -0.396 e. The van der Waals surface area contributed by atoms with Crippen LogP contribution in [0.5, 0.6) is 0 Å². The Bertz CT molecular complexity index is 2190. The summed E-state index contributed by atoms with van der Waals surface area (Å²) in [5.74, 6) is -0.178. The van der Waals surface area contributed by atoms with Gasteiger partial charge in [-0.1, -0.05) is 199 Å². The minimum atomic E-state index is -2.90. The molecule has 2 N–H and O–H groups in total. The standard InChI is InChI=1S/C26H31NO3Si.C26H29NO2Si/c1-26(2,3)31(22-15-9-5-10-16-22,23-17-11-6-12-18-23)30-24(19-20-28)25(29)27-21-13-7-4-8-14-21;1-26(2,3)30(22-15-9-5-10-16-22,23-17-11-6-12-18-23)29-24-19-20-27(25(24)28)21-13-7-4-8-14-21/h4-18,24,28H,19-20H2,1-3H3,(H,27,29);4-18,24H,19-20H2,1-3H3/t2*24-/m11/s1. The molecule has 1 aliphatic rings. The third-order valence-electron chi connectivity index (χ3n) is 11.4. The summed E-state index contributed by atoms with van der Waals surface area (Å²) in [5.41, 5.74) is 1.65. The van der Waals surface area contributed by atoms with Crippen LogP contribution in [0, 0.1) is 0 Å². The van der Waals surface area contributed by atoms with Gasteiger partial charge in [-0.25, -0.2) is 0 Å². The molecule has 0 unspecified atom stereocenters. The molecular weight excluding hydrogens is 789 g/mol. The first-order chi connectivity index (χ1) is 29.3. The van der Waals surface area contributed by atoms with Gasteiger partial charge in [0.25, 0.3) is 28.4 Å². The number of hydrogen-bond acceptors (Lipinski definition) is 5. The number of benzene rings is 6. The van der Waals surface area contributed by atoms with Crippen LogP contribution >= 0.6 is 0 Å². The van der Waals surface area contributed by atoms with Gasteiger partial charge in [-0.05, 0) is 61.5 Å². The van der Waals surface area contributed by atoms with Gasteiger partial charge in [0.1, 0.15) is 12.2 Å². The van der Waals surface area contributed by atoms with Crippen molar-refractivity contribution in [2.24, 2.45) is 0 Å². The van der Waals surface area contributed by atoms with Crippen LogP contribution in [0.4, 0.5) is 11.4 Å². The van der Waals surface area contributed by atoms with Crippen molar-refractivity contribution in [3.05, 3.63) is 182 Å². The van der Waals surface area contributed by atoms with Crippen LogP contribution in [0.2, 0.25) is 10.1 Å². The van der Waals surface area contributed by atoms with E-state index < -0.39 is 28.8 Å². The highest BCUT2D eigenvalue weighted by Crippen LogP contribution is 2.40. The molecule has 2 amide bonds. The number of aliphatic hydroxyl groups excluding tert-OH is 1. The Morgan fingerprint density at radius 1 is 0.623 bits per heavy atom. The Hall–Kier alpha value is -5.43. The van der Waals surface area contributed by atoms with Gasteiger partial charge in [0.15, 0.2) is 0 Å². The van der Waals surface area contributed by atoms with Gasteiger partial charge in [-0.2, -0.15) is 0 Å². The van der Waals surface area contributed by atoms with Crippen LogP contribution in [0.1, 0.15) is 54.4 Å². The van der Waals surface area contributed by atoms with Gasteiger partial charge in [0.05, 0.1) is 0 Å². The van der Waals surface area contributed by atoms with E-state index in [1.165, 1.54) is 10.4 Å². The molecule has 7 nitrogen and oxygen atoms in total. The van der Waals surface area contributed by atoms with E-state index in [-0.39, 0.29) is 34.9 Å². The average Bonchev–Trinajstić information content (AvgIpc) is 3.64. The molecule has 7 rings (SSSR count). The highest BCUT2D eigenvalue weighted by atomic mass is 28.4. The first-order valence-electron chi connectivity index (χ1n) is 21.2. The topological polar surface area (TPSA) is 88.1 Å². The molecule has 0 bridgehead atoms. The highest BCUT2D eigenvalue weighted by molar-refractivity contribution is 7.00. The van der Waals surface area contributed by atoms with Crippen molar-refractivity contribution in [3.63, 3.8) is 0 Å². The number of para-hydroxylation sites is 2. The number of nitrogens with zero attached hydrogens (tertiary/aromatic N) is 1. The van der Waals surface area contributed by atoms with E-state index in [1.54, 1.807) is 0 Å². The maximum absolute atomic E-state index is 13.4. The SMILES string of the molecule is CC(C)(C)[Si](O[C@@H]1CCN(c2ccccc2)C1=O)(c1ccccc1)c1ccccc1.CC(C)(C)[Si](O[C@H](CCO)C(=O)Nc1ccccc1)(c1ccccc1)c1ccccc1. The second kappa shape index (κ2) is 20.0. The van der Waals surface area contributed by atoms with Crippen molar-refractivity contribution in [2.75, 3.05) is 23.4 Å². The summed E-state index contributed by atoms with van der Waals surface area (Å²) in [6, 6.07) is 60.7. The van der Waals surface area contributed by atoms with E-state index in [4.69, 9.17) is 8.85 Å². The Labute approximate surface area is 364 Å². The Morgan fingerprint density at radius 2 is 1.00 bits per heavy atom. The summed E-state index contributed by atoms with van der Waals surface area (Å²) in [5, 5.41) is 16.9. The van der Waals surface area contributed by atoms with E-state index in [0.29, 0.717) is 18.7 Å². The average molecular weight is 849 g/mol. The molecule has 2 atom stereocenters. The lowest BCUT2D eigenvalue weighted by Gasteiger charge is -2.44.